The second-order valence-electron chi connectivity index (χ2n) is 7.35. The van der Waals surface area contributed by atoms with Gasteiger partial charge in [-0.1, -0.05) is 12.6 Å². The summed E-state index contributed by atoms with van der Waals surface area (Å²) in [6, 6.07) is 6.99. The number of benzene rings is 1. The summed E-state index contributed by atoms with van der Waals surface area (Å²) >= 11 is 1.69. The molecule has 1 aliphatic heterocycles. The quantitative estimate of drug-likeness (QED) is 0.481. The highest BCUT2D eigenvalue weighted by molar-refractivity contribution is 7.09. The van der Waals surface area contributed by atoms with Gasteiger partial charge in [-0.2, -0.15) is 13.2 Å². The SMILES string of the molecule is C=C(NCCc1cccs1)c1cnc2c(n1)N(Cc1cc(C(F)(F)F)ccc1O)CCN2. The maximum atomic E-state index is 13.1. The molecule has 168 valence electrons. The number of aromatic nitrogens is 2. The van der Waals surface area contributed by atoms with E-state index in [2.05, 4.69) is 33.2 Å². The predicted octanol–water partition coefficient (Wildman–Crippen LogP) is 4.50. The Balaban J connectivity index is 1.51. The van der Waals surface area contributed by atoms with Gasteiger partial charge in [0.05, 0.1) is 17.5 Å². The molecular weight excluding hydrogens is 439 g/mol. The largest absolute Gasteiger partial charge is 0.508 e. The molecule has 0 saturated carbocycles. The number of hydrogen-bond acceptors (Lipinski definition) is 7. The Kier molecular flexibility index (Phi) is 6.22. The first-order chi connectivity index (χ1) is 15.3. The molecule has 1 aromatic carbocycles. The number of fused-ring (bicyclic) bond motifs is 1. The Morgan fingerprint density at radius 1 is 1.31 bits per heavy atom. The van der Waals surface area contributed by atoms with Crippen molar-refractivity contribution in [1.82, 2.24) is 15.3 Å². The molecule has 3 aromatic rings. The molecular formula is C22H22F3N5OS. The monoisotopic (exact) mass is 461 g/mol. The first-order valence-corrected chi connectivity index (χ1v) is 10.9. The molecule has 2 aromatic heterocycles. The molecule has 10 heteroatoms. The van der Waals surface area contributed by atoms with Gasteiger partial charge in [-0.05, 0) is 36.1 Å². The fourth-order valence-electron chi connectivity index (χ4n) is 3.42. The van der Waals surface area contributed by atoms with Crippen LogP contribution in [-0.2, 0) is 19.1 Å². The van der Waals surface area contributed by atoms with E-state index in [4.69, 9.17) is 0 Å². The van der Waals surface area contributed by atoms with E-state index in [-0.39, 0.29) is 17.9 Å². The van der Waals surface area contributed by atoms with Crippen molar-refractivity contribution in [3.8, 4) is 5.75 Å². The van der Waals surface area contributed by atoms with Crippen molar-refractivity contribution in [3.63, 3.8) is 0 Å². The van der Waals surface area contributed by atoms with Crippen LogP contribution in [0.5, 0.6) is 5.75 Å². The van der Waals surface area contributed by atoms with Crippen molar-refractivity contribution in [2.45, 2.75) is 19.1 Å². The van der Waals surface area contributed by atoms with E-state index < -0.39 is 11.7 Å². The Morgan fingerprint density at radius 3 is 2.91 bits per heavy atom. The van der Waals surface area contributed by atoms with E-state index in [1.807, 2.05) is 11.4 Å². The number of thiophene rings is 1. The molecule has 0 radical (unpaired) electrons. The molecule has 6 nitrogen and oxygen atoms in total. The van der Waals surface area contributed by atoms with Crippen LogP contribution in [0.4, 0.5) is 24.8 Å². The van der Waals surface area contributed by atoms with Gasteiger partial charge in [-0.15, -0.1) is 11.3 Å². The van der Waals surface area contributed by atoms with Gasteiger partial charge >= 0.3 is 6.18 Å². The summed E-state index contributed by atoms with van der Waals surface area (Å²) in [6.07, 6.45) is -2.02. The summed E-state index contributed by atoms with van der Waals surface area (Å²) in [4.78, 5) is 12.1. The highest BCUT2D eigenvalue weighted by Gasteiger charge is 2.31. The molecule has 0 unspecified atom stereocenters. The number of aromatic hydroxyl groups is 1. The van der Waals surface area contributed by atoms with Crippen molar-refractivity contribution in [1.29, 1.82) is 0 Å². The summed E-state index contributed by atoms with van der Waals surface area (Å²) < 4.78 is 39.3. The average molecular weight is 462 g/mol. The van der Waals surface area contributed by atoms with Crippen molar-refractivity contribution < 1.29 is 18.3 Å². The number of anilines is 2. The van der Waals surface area contributed by atoms with Gasteiger partial charge < -0.3 is 20.6 Å². The van der Waals surface area contributed by atoms with Crippen LogP contribution in [0.15, 0.2) is 48.5 Å². The van der Waals surface area contributed by atoms with Crippen LogP contribution in [0.25, 0.3) is 5.70 Å². The lowest BCUT2D eigenvalue weighted by molar-refractivity contribution is -0.137. The minimum Gasteiger partial charge on any atom is -0.508 e. The minimum atomic E-state index is -4.48. The van der Waals surface area contributed by atoms with Gasteiger partial charge in [0.15, 0.2) is 11.6 Å². The molecule has 0 spiro atoms. The van der Waals surface area contributed by atoms with Gasteiger partial charge in [0, 0.05) is 36.6 Å². The van der Waals surface area contributed by atoms with Crippen LogP contribution in [0.1, 0.15) is 21.7 Å². The molecule has 3 heterocycles. The Hall–Kier alpha value is -3.27. The summed E-state index contributed by atoms with van der Waals surface area (Å²) in [7, 11) is 0. The molecule has 0 aliphatic carbocycles. The summed E-state index contributed by atoms with van der Waals surface area (Å²) in [5.74, 6) is 0.853. The second-order valence-corrected chi connectivity index (χ2v) is 8.38. The molecule has 0 bridgehead atoms. The summed E-state index contributed by atoms with van der Waals surface area (Å²) in [5, 5.41) is 18.6. The molecule has 32 heavy (non-hydrogen) atoms. The van der Waals surface area contributed by atoms with Crippen LogP contribution < -0.4 is 15.5 Å². The predicted molar refractivity (Wildman–Crippen MR) is 120 cm³/mol. The fourth-order valence-corrected chi connectivity index (χ4v) is 4.12. The number of alkyl halides is 3. The van der Waals surface area contributed by atoms with Crippen LogP contribution in [0.3, 0.4) is 0 Å². The van der Waals surface area contributed by atoms with Crippen LogP contribution in [-0.4, -0.2) is 34.7 Å². The van der Waals surface area contributed by atoms with Gasteiger partial charge in [0.2, 0.25) is 0 Å². The van der Waals surface area contributed by atoms with Crippen molar-refractivity contribution >= 4 is 28.7 Å². The lowest BCUT2D eigenvalue weighted by Crippen LogP contribution is -2.35. The third-order valence-corrected chi connectivity index (χ3v) is 6.03. The van der Waals surface area contributed by atoms with E-state index in [9.17, 15) is 18.3 Å². The smallest absolute Gasteiger partial charge is 0.416 e. The van der Waals surface area contributed by atoms with Crippen molar-refractivity contribution in [2.75, 3.05) is 29.9 Å². The van der Waals surface area contributed by atoms with E-state index >= 15 is 0 Å². The zero-order valence-corrected chi connectivity index (χ0v) is 17.9. The van der Waals surface area contributed by atoms with E-state index in [0.29, 0.717) is 42.7 Å². The van der Waals surface area contributed by atoms with Crippen molar-refractivity contribution in [3.05, 3.63) is 70.2 Å². The Morgan fingerprint density at radius 2 is 2.16 bits per heavy atom. The lowest BCUT2D eigenvalue weighted by atomic mass is 10.1. The van der Waals surface area contributed by atoms with Gasteiger partial charge in [-0.3, -0.25) is 0 Å². The Bertz CT molecular complexity index is 1100. The van der Waals surface area contributed by atoms with Crippen LogP contribution >= 0.6 is 11.3 Å². The molecule has 0 fully saturated rings. The first kappa shape index (κ1) is 21.9. The number of nitrogens with zero attached hydrogens (tertiary/aromatic N) is 3. The number of phenols is 1. The van der Waals surface area contributed by atoms with Gasteiger partial charge in [-0.25, -0.2) is 9.97 Å². The Labute approximate surface area is 187 Å². The average Bonchev–Trinajstić information content (AvgIpc) is 3.28. The number of halogens is 3. The highest BCUT2D eigenvalue weighted by atomic mass is 32.1. The third-order valence-electron chi connectivity index (χ3n) is 5.09. The molecule has 3 N–H and O–H groups in total. The summed E-state index contributed by atoms with van der Waals surface area (Å²) in [5.41, 5.74) is 0.540. The topological polar surface area (TPSA) is 73.3 Å². The molecule has 0 atom stereocenters. The van der Waals surface area contributed by atoms with E-state index in [1.165, 1.54) is 4.88 Å². The van der Waals surface area contributed by atoms with Crippen LogP contribution in [0.2, 0.25) is 0 Å². The normalized spacial score (nSPS) is 13.4. The molecule has 0 amide bonds. The lowest BCUT2D eigenvalue weighted by Gasteiger charge is -2.31. The van der Waals surface area contributed by atoms with E-state index in [1.54, 1.807) is 22.4 Å². The van der Waals surface area contributed by atoms with Crippen molar-refractivity contribution in [2.24, 2.45) is 0 Å². The maximum absolute atomic E-state index is 13.1. The second kappa shape index (κ2) is 9.07. The van der Waals surface area contributed by atoms with E-state index in [0.717, 1.165) is 24.6 Å². The number of rotatable bonds is 7. The fraction of sp³-hybridized carbons (Fsp3) is 0.273. The first-order valence-electron chi connectivity index (χ1n) is 10.0. The zero-order valence-electron chi connectivity index (χ0n) is 17.1. The number of phenolic OH excluding ortho intramolecular Hbond substituents is 1. The zero-order chi connectivity index (χ0) is 22.7. The summed E-state index contributed by atoms with van der Waals surface area (Å²) in [6.45, 7) is 5.86. The molecule has 1 aliphatic rings. The highest BCUT2D eigenvalue weighted by Crippen LogP contribution is 2.34. The molecule has 4 rings (SSSR count). The molecule has 0 saturated heterocycles. The van der Waals surface area contributed by atoms with Gasteiger partial charge in [0.1, 0.15) is 11.4 Å². The minimum absolute atomic E-state index is 0.0703. The van der Waals surface area contributed by atoms with Gasteiger partial charge in [0.25, 0.3) is 0 Å². The van der Waals surface area contributed by atoms with Crippen LogP contribution in [0, 0.1) is 0 Å². The maximum Gasteiger partial charge on any atom is 0.416 e. The standard InChI is InChI=1S/C22H22F3N5OS/c1-14(26-7-6-17-3-2-10-32-17)18-12-28-20-21(29-18)30(9-8-27-20)13-15-11-16(22(23,24)25)4-5-19(15)31/h2-5,10-12,26,31H,1,6-9,13H2,(H,27,28). The number of nitrogens with one attached hydrogen (secondary N) is 2. The third kappa shape index (κ3) is 4.96. The number of hydrogen-bond donors (Lipinski definition) is 3.